The van der Waals surface area contributed by atoms with Gasteiger partial charge in [-0.1, -0.05) is 6.07 Å². The molecule has 0 spiro atoms. The normalized spacial score (nSPS) is 10.7. The molecule has 0 unspecified atom stereocenters. The lowest BCUT2D eigenvalue weighted by molar-refractivity contribution is 0.280. The van der Waals surface area contributed by atoms with E-state index in [4.69, 9.17) is 9.84 Å². The first-order chi connectivity index (χ1) is 9.74. The van der Waals surface area contributed by atoms with Crippen molar-refractivity contribution in [1.82, 2.24) is 4.98 Å². The lowest BCUT2D eigenvalue weighted by atomic mass is 10.2. The van der Waals surface area contributed by atoms with Gasteiger partial charge >= 0.3 is 0 Å². The molecular weight excluding hydrogens is 257 g/mol. The molecular formula is C16H12FNO2. The Hall–Kier alpha value is -2.46. The Morgan fingerprint density at radius 2 is 1.95 bits per heavy atom. The van der Waals surface area contributed by atoms with Crippen molar-refractivity contribution in [2.24, 2.45) is 0 Å². The van der Waals surface area contributed by atoms with E-state index in [9.17, 15) is 4.39 Å². The molecule has 0 aliphatic heterocycles. The van der Waals surface area contributed by atoms with Gasteiger partial charge in [-0.2, -0.15) is 0 Å². The number of aliphatic hydroxyl groups excluding tert-OH is 1. The Morgan fingerprint density at radius 3 is 2.80 bits per heavy atom. The molecule has 0 fully saturated rings. The van der Waals surface area contributed by atoms with Crippen LogP contribution in [0, 0.1) is 5.82 Å². The molecule has 0 saturated heterocycles. The van der Waals surface area contributed by atoms with Gasteiger partial charge in [-0.15, -0.1) is 0 Å². The zero-order valence-electron chi connectivity index (χ0n) is 10.6. The fourth-order valence-corrected chi connectivity index (χ4v) is 2.02. The molecule has 20 heavy (non-hydrogen) atoms. The van der Waals surface area contributed by atoms with E-state index in [2.05, 4.69) is 4.98 Å². The zero-order valence-corrected chi connectivity index (χ0v) is 10.6. The van der Waals surface area contributed by atoms with Crippen molar-refractivity contribution in [3.05, 3.63) is 66.1 Å². The monoisotopic (exact) mass is 269 g/mol. The summed E-state index contributed by atoms with van der Waals surface area (Å²) in [5, 5.41) is 10.1. The maximum atomic E-state index is 13.4. The molecule has 0 amide bonds. The van der Waals surface area contributed by atoms with E-state index in [1.165, 1.54) is 12.1 Å². The van der Waals surface area contributed by atoms with E-state index in [0.29, 0.717) is 17.1 Å². The first kappa shape index (κ1) is 12.6. The highest BCUT2D eigenvalue weighted by Crippen LogP contribution is 2.26. The van der Waals surface area contributed by atoms with Gasteiger partial charge in [-0.25, -0.2) is 4.39 Å². The van der Waals surface area contributed by atoms with Crippen molar-refractivity contribution < 1.29 is 14.2 Å². The average Bonchev–Trinajstić information content (AvgIpc) is 2.46. The van der Waals surface area contributed by atoms with Gasteiger partial charge in [0.15, 0.2) is 0 Å². The van der Waals surface area contributed by atoms with E-state index in [1.54, 1.807) is 24.4 Å². The molecule has 100 valence electrons. The molecule has 4 heteroatoms. The van der Waals surface area contributed by atoms with Crippen molar-refractivity contribution in [3.63, 3.8) is 0 Å². The number of ether oxygens (including phenoxy) is 1. The maximum Gasteiger partial charge on any atom is 0.130 e. The third-order valence-corrected chi connectivity index (χ3v) is 2.93. The van der Waals surface area contributed by atoms with Crippen LogP contribution in [0.2, 0.25) is 0 Å². The van der Waals surface area contributed by atoms with Crippen LogP contribution in [0.3, 0.4) is 0 Å². The number of fused-ring (bicyclic) bond motifs is 1. The highest BCUT2D eigenvalue weighted by molar-refractivity contribution is 5.79. The summed E-state index contributed by atoms with van der Waals surface area (Å²) in [5.41, 5.74) is 1.28. The molecule has 0 saturated carbocycles. The van der Waals surface area contributed by atoms with Crippen molar-refractivity contribution in [2.45, 2.75) is 6.61 Å². The molecule has 3 rings (SSSR count). The number of aromatic nitrogens is 1. The summed E-state index contributed by atoms with van der Waals surface area (Å²) in [5.74, 6) is 0.487. The molecule has 0 radical (unpaired) electrons. The minimum absolute atomic E-state index is 0.229. The molecule has 1 heterocycles. The Bertz CT molecular complexity index is 758. The van der Waals surface area contributed by atoms with Crippen molar-refractivity contribution >= 4 is 10.9 Å². The van der Waals surface area contributed by atoms with Crippen LogP contribution in [-0.2, 0) is 6.61 Å². The van der Waals surface area contributed by atoms with E-state index in [-0.39, 0.29) is 6.61 Å². The van der Waals surface area contributed by atoms with Gasteiger partial charge in [0, 0.05) is 23.7 Å². The lowest BCUT2D eigenvalue weighted by Crippen LogP contribution is -1.90. The molecule has 1 aromatic heterocycles. The summed E-state index contributed by atoms with van der Waals surface area (Å²) in [4.78, 5) is 4.24. The smallest absolute Gasteiger partial charge is 0.130 e. The number of halogens is 1. The Kier molecular flexibility index (Phi) is 3.31. The molecule has 2 aromatic carbocycles. The largest absolute Gasteiger partial charge is 0.457 e. The quantitative estimate of drug-likeness (QED) is 0.789. The first-order valence-electron chi connectivity index (χ1n) is 6.17. The molecule has 0 aliphatic carbocycles. The number of pyridine rings is 1. The van der Waals surface area contributed by atoms with Gasteiger partial charge in [0.25, 0.3) is 0 Å². The van der Waals surface area contributed by atoms with Crippen molar-refractivity contribution in [3.8, 4) is 11.5 Å². The Morgan fingerprint density at radius 1 is 1.05 bits per heavy atom. The van der Waals surface area contributed by atoms with Crippen LogP contribution >= 0.6 is 0 Å². The van der Waals surface area contributed by atoms with Crippen molar-refractivity contribution in [1.29, 1.82) is 0 Å². The van der Waals surface area contributed by atoms with Gasteiger partial charge in [-0.3, -0.25) is 4.98 Å². The highest BCUT2D eigenvalue weighted by Gasteiger charge is 2.04. The van der Waals surface area contributed by atoms with Crippen LogP contribution in [0.1, 0.15) is 5.56 Å². The molecule has 0 aliphatic rings. The van der Waals surface area contributed by atoms with Gasteiger partial charge in [0.05, 0.1) is 12.1 Å². The molecule has 0 atom stereocenters. The Balaban J connectivity index is 1.94. The van der Waals surface area contributed by atoms with Gasteiger partial charge in [-0.05, 0) is 35.9 Å². The summed E-state index contributed by atoms with van der Waals surface area (Å²) in [6, 6.07) is 13.5. The minimum Gasteiger partial charge on any atom is -0.457 e. The number of hydrogen-bond donors (Lipinski definition) is 1. The van der Waals surface area contributed by atoms with Crippen LogP contribution in [0.25, 0.3) is 10.9 Å². The SMILES string of the molecule is OCc1cc(F)cc(Oc2ccc3cccnc3c2)c1. The molecule has 3 aromatic rings. The van der Waals surface area contributed by atoms with Crippen molar-refractivity contribution in [2.75, 3.05) is 0 Å². The summed E-state index contributed by atoms with van der Waals surface area (Å²) in [6.07, 6.45) is 1.71. The van der Waals surface area contributed by atoms with Crippen LogP contribution in [-0.4, -0.2) is 10.1 Å². The summed E-state index contributed by atoms with van der Waals surface area (Å²) < 4.78 is 19.0. The van der Waals surface area contributed by atoms with Gasteiger partial charge in [0.2, 0.25) is 0 Å². The first-order valence-corrected chi connectivity index (χ1v) is 6.17. The summed E-state index contributed by atoms with van der Waals surface area (Å²) in [7, 11) is 0. The third-order valence-electron chi connectivity index (χ3n) is 2.93. The van der Waals surface area contributed by atoms with E-state index >= 15 is 0 Å². The predicted molar refractivity (Wildman–Crippen MR) is 74.1 cm³/mol. The lowest BCUT2D eigenvalue weighted by Gasteiger charge is -2.08. The number of hydrogen-bond acceptors (Lipinski definition) is 3. The van der Waals surface area contributed by atoms with E-state index < -0.39 is 5.82 Å². The third kappa shape index (κ3) is 2.60. The van der Waals surface area contributed by atoms with Crippen LogP contribution in [0.5, 0.6) is 11.5 Å². The summed E-state index contributed by atoms with van der Waals surface area (Å²) in [6.45, 7) is -0.229. The fourth-order valence-electron chi connectivity index (χ4n) is 2.02. The maximum absolute atomic E-state index is 13.4. The van der Waals surface area contributed by atoms with Crippen LogP contribution in [0.4, 0.5) is 4.39 Å². The predicted octanol–water partition coefficient (Wildman–Crippen LogP) is 3.66. The molecule has 1 N–H and O–H groups in total. The average molecular weight is 269 g/mol. The van der Waals surface area contributed by atoms with E-state index in [0.717, 1.165) is 10.9 Å². The molecule has 0 bridgehead atoms. The zero-order chi connectivity index (χ0) is 13.9. The minimum atomic E-state index is -0.439. The summed E-state index contributed by atoms with van der Waals surface area (Å²) >= 11 is 0. The number of nitrogens with zero attached hydrogens (tertiary/aromatic N) is 1. The van der Waals surface area contributed by atoms with Crippen LogP contribution in [0.15, 0.2) is 54.7 Å². The fraction of sp³-hybridized carbons (Fsp3) is 0.0625. The van der Waals surface area contributed by atoms with Gasteiger partial charge < -0.3 is 9.84 Å². The topological polar surface area (TPSA) is 42.4 Å². The Labute approximate surface area is 115 Å². The molecule has 3 nitrogen and oxygen atoms in total. The number of rotatable bonds is 3. The van der Waals surface area contributed by atoms with Gasteiger partial charge in [0.1, 0.15) is 17.3 Å². The standard InChI is InChI=1S/C16H12FNO2/c17-13-6-11(10-19)7-15(8-13)20-14-4-3-12-2-1-5-18-16(12)9-14/h1-9,19H,10H2. The second-order valence-corrected chi connectivity index (χ2v) is 4.41. The number of benzene rings is 2. The van der Waals surface area contributed by atoms with E-state index in [1.807, 2.05) is 18.2 Å². The second-order valence-electron chi connectivity index (χ2n) is 4.41. The second kappa shape index (κ2) is 5.27. The number of aliphatic hydroxyl groups is 1. The highest BCUT2D eigenvalue weighted by atomic mass is 19.1. The van der Waals surface area contributed by atoms with Crippen LogP contribution < -0.4 is 4.74 Å².